The van der Waals surface area contributed by atoms with Crippen LogP contribution in [0.25, 0.3) is 0 Å². The lowest BCUT2D eigenvalue weighted by Crippen LogP contribution is -2.12. The highest BCUT2D eigenvalue weighted by Gasteiger charge is 2.01. The van der Waals surface area contributed by atoms with Gasteiger partial charge in [-0.2, -0.15) is 17.6 Å². The van der Waals surface area contributed by atoms with Crippen LogP contribution in [0.3, 0.4) is 0 Å². The van der Waals surface area contributed by atoms with Crippen molar-refractivity contribution in [2.45, 2.75) is 13.2 Å². The summed E-state index contributed by atoms with van der Waals surface area (Å²) in [7, 11) is 0. The Labute approximate surface area is 72.6 Å². The summed E-state index contributed by atoms with van der Waals surface area (Å²) in [6.07, 6.45) is 0. The Morgan fingerprint density at radius 2 is 1.08 bits per heavy atom. The highest BCUT2D eigenvalue weighted by Crippen LogP contribution is 1.95. The highest BCUT2D eigenvalue weighted by atomic mass is 19.3. The molecule has 13 heavy (non-hydrogen) atoms. The molecule has 0 aromatic heterocycles. The largest absolute Gasteiger partial charge is 0.377 e. The quantitative estimate of drug-likeness (QED) is 0.444. The van der Waals surface area contributed by atoms with E-state index in [1.165, 1.54) is 0 Å². The zero-order valence-corrected chi connectivity index (χ0v) is 6.72. The summed E-state index contributed by atoms with van der Waals surface area (Å²) in [6, 6.07) is 0. The molecule has 7 heteroatoms. The van der Waals surface area contributed by atoms with Gasteiger partial charge in [0.1, 0.15) is 0 Å². The number of ether oxygens (including phenoxy) is 3. The van der Waals surface area contributed by atoms with Crippen molar-refractivity contribution < 1.29 is 31.8 Å². The molecule has 0 fully saturated rings. The molecule has 0 bridgehead atoms. The third-order valence-corrected chi connectivity index (χ3v) is 0.943. The summed E-state index contributed by atoms with van der Waals surface area (Å²) in [4.78, 5) is 0. The van der Waals surface area contributed by atoms with Crippen molar-refractivity contribution in [2.24, 2.45) is 0 Å². The second-order valence-electron chi connectivity index (χ2n) is 1.88. The molecular formula is C6H10F4O3. The molecule has 3 nitrogen and oxygen atoms in total. The monoisotopic (exact) mass is 206 g/mol. The Morgan fingerprint density at radius 3 is 1.38 bits per heavy atom. The molecule has 0 spiro atoms. The van der Waals surface area contributed by atoms with E-state index < -0.39 is 13.2 Å². The van der Waals surface area contributed by atoms with E-state index in [0.29, 0.717) is 0 Å². The van der Waals surface area contributed by atoms with E-state index in [9.17, 15) is 17.6 Å². The predicted octanol–water partition coefficient (Wildman–Crippen LogP) is 1.48. The van der Waals surface area contributed by atoms with E-state index in [1.807, 2.05) is 0 Å². The van der Waals surface area contributed by atoms with Crippen molar-refractivity contribution in [1.82, 2.24) is 0 Å². The number of hydrogen-bond acceptors (Lipinski definition) is 3. The van der Waals surface area contributed by atoms with Gasteiger partial charge in [-0.25, -0.2) is 0 Å². The first-order chi connectivity index (χ1) is 6.13. The summed E-state index contributed by atoms with van der Waals surface area (Å²) in [5.41, 5.74) is 0. The van der Waals surface area contributed by atoms with E-state index >= 15 is 0 Å². The minimum Gasteiger partial charge on any atom is -0.377 e. The average Bonchev–Trinajstić information content (AvgIpc) is 2.01. The molecule has 0 unspecified atom stereocenters. The number of rotatable bonds is 8. The lowest BCUT2D eigenvalue weighted by Gasteiger charge is -2.04. The van der Waals surface area contributed by atoms with Crippen molar-refractivity contribution in [1.29, 1.82) is 0 Å². The summed E-state index contributed by atoms with van der Waals surface area (Å²) in [5, 5.41) is 0. The molecular weight excluding hydrogens is 196 g/mol. The zero-order chi connectivity index (χ0) is 10.1. The SMILES string of the molecule is FC(F)OCCOCCOC(F)F. The van der Waals surface area contributed by atoms with Crippen LogP contribution in [0, 0.1) is 0 Å². The fourth-order valence-electron chi connectivity index (χ4n) is 0.494. The van der Waals surface area contributed by atoms with Gasteiger partial charge in [0.15, 0.2) is 0 Å². The molecule has 0 aliphatic heterocycles. The van der Waals surface area contributed by atoms with Crippen molar-refractivity contribution in [3.8, 4) is 0 Å². The van der Waals surface area contributed by atoms with E-state index in [1.54, 1.807) is 0 Å². The van der Waals surface area contributed by atoms with Gasteiger partial charge in [0.2, 0.25) is 0 Å². The predicted molar refractivity (Wildman–Crippen MR) is 34.7 cm³/mol. The molecule has 80 valence electrons. The molecule has 0 N–H and O–H groups in total. The van der Waals surface area contributed by atoms with Crippen LogP contribution < -0.4 is 0 Å². The fourth-order valence-corrected chi connectivity index (χ4v) is 0.494. The minimum absolute atomic E-state index is 0.0725. The number of hydrogen-bond donors (Lipinski definition) is 0. The van der Waals surface area contributed by atoms with Gasteiger partial charge in [0.05, 0.1) is 26.4 Å². The molecule has 0 radical (unpaired) electrons. The van der Waals surface area contributed by atoms with Crippen LogP contribution in [0.5, 0.6) is 0 Å². The Hall–Kier alpha value is -0.400. The van der Waals surface area contributed by atoms with E-state index in [2.05, 4.69) is 14.2 Å². The molecule has 0 rings (SSSR count). The molecule has 0 atom stereocenters. The van der Waals surface area contributed by atoms with Gasteiger partial charge < -0.3 is 14.2 Å². The standard InChI is InChI=1S/C6H10F4O3/c7-5(8)12-3-1-11-2-4-13-6(9)10/h5-6H,1-4H2. The molecule has 0 saturated carbocycles. The maximum atomic E-state index is 11.3. The third kappa shape index (κ3) is 11.6. The maximum Gasteiger partial charge on any atom is 0.345 e. The van der Waals surface area contributed by atoms with E-state index in [4.69, 9.17) is 0 Å². The van der Waals surface area contributed by atoms with Crippen molar-refractivity contribution in [2.75, 3.05) is 26.4 Å². The summed E-state index contributed by atoms with van der Waals surface area (Å²) in [6.45, 7) is -6.35. The van der Waals surface area contributed by atoms with Crippen LogP contribution in [0.1, 0.15) is 0 Å². The average molecular weight is 206 g/mol. The smallest absolute Gasteiger partial charge is 0.345 e. The van der Waals surface area contributed by atoms with Gasteiger partial charge in [-0.05, 0) is 0 Å². The molecule has 0 aliphatic rings. The van der Waals surface area contributed by atoms with Crippen LogP contribution in [-0.2, 0) is 14.2 Å². The van der Waals surface area contributed by atoms with Crippen LogP contribution in [-0.4, -0.2) is 39.7 Å². The minimum atomic E-state index is -2.83. The first-order valence-electron chi connectivity index (χ1n) is 3.50. The lowest BCUT2D eigenvalue weighted by atomic mass is 10.7. The van der Waals surface area contributed by atoms with Gasteiger partial charge >= 0.3 is 13.2 Å². The second kappa shape index (κ2) is 8.21. The first-order valence-corrected chi connectivity index (χ1v) is 3.50. The lowest BCUT2D eigenvalue weighted by molar-refractivity contribution is -0.152. The van der Waals surface area contributed by atoms with Gasteiger partial charge in [-0.3, -0.25) is 0 Å². The molecule has 0 amide bonds. The molecule has 0 aliphatic carbocycles. The molecule has 0 heterocycles. The Balaban J connectivity index is 2.92. The van der Waals surface area contributed by atoms with Crippen LogP contribution in [0.2, 0.25) is 0 Å². The Bertz CT molecular complexity index is 100. The Kier molecular flexibility index (Phi) is 7.96. The van der Waals surface area contributed by atoms with Gasteiger partial charge in [-0.15, -0.1) is 0 Å². The van der Waals surface area contributed by atoms with Crippen LogP contribution in [0.4, 0.5) is 17.6 Å². The van der Waals surface area contributed by atoms with Gasteiger partial charge in [-0.1, -0.05) is 0 Å². The highest BCUT2D eigenvalue weighted by molar-refractivity contribution is 4.31. The Morgan fingerprint density at radius 1 is 0.692 bits per heavy atom. The van der Waals surface area contributed by atoms with Crippen LogP contribution >= 0.6 is 0 Å². The van der Waals surface area contributed by atoms with E-state index in [-0.39, 0.29) is 26.4 Å². The summed E-state index contributed by atoms with van der Waals surface area (Å²) in [5.74, 6) is 0. The maximum absolute atomic E-state index is 11.3. The summed E-state index contributed by atoms with van der Waals surface area (Å²) < 4.78 is 57.5. The van der Waals surface area contributed by atoms with Gasteiger partial charge in [0, 0.05) is 0 Å². The van der Waals surface area contributed by atoms with Crippen LogP contribution in [0.15, 0.2) is 0 Å². The third-order valence-electron chi connectivity index (χ3n) is 0.943. The van der Waals surface area contributed by atoms with E-state index in [0.717, 1.165) is 0 Å². The van der Waals surface area contributed by atoms with Crippen molar-refractivity contribution in [3.63, 3.8) is 0 Å². The number of alkyl halides is 4. The van der Waals surface area contributed by atoms with Crippen molar-refractivity contribution >= 4 is 0 Å². The summed E-state index contributed by atoms with van der Waals surface area (Å²) >= 11 is 0. The first kappa shape index (κ1) is 12.6. The normalized spacial score (nSPS) is 11.5. The molecule has 0 aromatic rings. The second-order valence-corrected chi connectivity index (χ2v) is 1.88. The van der Waals surface area contributed by atoms with Gasteiger partial charge in [0.25, 0.3) is 0 Å². The topological polar surface area (TPSA) is 27.7 Å². The fraction of sp³-hybridized carbons (Fsp3) is 1.00. The van der Waals surface area contributed by atoms with Crippen molar-refractivity contribution in [3.05, 3.63) is 0 Å². The zero-order valence-electron chi connectivity index (χ0n) is 6.72. The molecule has 0 saturated heterocycles. The number of halogens is 4. The molecule has 0 aromatic carbocycles.